The molecule has 1 rings (SSSR count). The topological polar surface area (TPSA) is 61.1 Å². The number of nitriles is 1. The quantitative estimate of drug-likeness (QED) is 0.799. The van der Waals surface area contributed by atoms with E-state index in [9.17, 15) is 4.79 Å². The summed E-state index contributed by atoms with van der Waals surface area (Å²) >= 11 is 6.02. The van der Waals surface area contributed by atoms with Gasteiger partial charge in [-0.15, -0.1) is 11.6 Å². The molecule has 3 nitrogen and oxygen atoms in total. The third-order valence-electron chi connectivity index (χ3n) is 2.03. The molecule has 0 aromatic heterocycles. The van der Waals surface area contributed by atoms with Gasteiger partial charge in [-0.25, -0.2) is 0 Å². The summed E-state index contributed by atoms with van der Waals surface area (Å²) in [6.07, 6.45) is 0.337. The second-order valence-electron chi connectivity index (χ2n) is 3.10. The number of hydrogen-bond donors (Lipinski definition) is 1. The van der Waals surface area contributed by atoms with Crippen molar-refractivity contribution in [3.05, 3.63) is 35.4 Å². The van der Waals surface area contributed by atoms with E-state index in [1.807, 2.05) is 6.07 Å². The van der Waals surface area contributed by atoms with Crippen LogP contribution in [0.3, 0.4) is 0 Å². The number of aliphatic carboxylic acids is 1. The third-order valence-corrected chi connectivity index (χ3v) is 2.48. The van der Waals surface area contributed by atoms with Crippen molar-refractivity contribution in [1.82, 2.24) is 0 Å². The monoisotopic (exact) mass is 223 g/mol. The van der Waals surface area contributed by atoms with E-state index in [0.717, 1.165) is 0 Å². The van der Waals surface area contributed by atoms with Gasteiger partial charge in [0.05, 0.1) is 17.0 Å². The average Bonchev–Trinajstić information content (AvgIpc) is 2.25. The van der Waals surface area contributed by atoms with Crippen LogP contribution >= 0.6 is 11.6 Å². The van der Waals surface area contributed by atoms with Crippen molar-refractivity contribution >= 4 is 17.6 Å². The second-order valence-corrected chi connectivity index (χ2v) is 3.63. The van der Waals surface area contributed by atoms with Crippen molar-refractivity contribution in [2.24, 2.45) is 0 Å². The van der Waals surface area contributed by atoms with E-state index in [2.05, 4.69) is 0 Å². The molecule has 15 heavy (non-hydrogen) atoms. The Bertz CT molecular complexity index is 398. The number of hydrogen-bond acceptors (Lipinski definition) is 2. The van der Waals surface area contributed by atoms with Crippen LogP contribution < -0.4 is 0 Å². The Morgan fingerprint density at radius 2 is 2.20 bits per heavy atom. The summed E-state index contributed by atoms with van der Waals surface area (Å²) in [4.78, 5) is 10.4. The van der Waals surface area contributed by atoms with E-state index in [0.29, 0.717) is 17.5 Å². The van der Waals surface area contributed by atoms with Crippen molar-refractivity contribution < 1.29 is 9.90 Å². The fourth-order valence-electron chi connectivity index (χ4n) is 1.28. The van der Waals surface area contributed by atoms with Crippen LogP contribution in [0.25, 0.3) is 0 Å². The molecule has 1 aromatic carbocycles. The van der Waals surface area contributed by atoms with Crippen molar-refractivity contribution in [3.8, 4) is 6.07 Å². The Morgan fingerprint density at radius 3 is 2.80 bits per heavy atom. The molecule has 4 heteroatoms. The lowest BCUT2D eigenvalue weighted by atomic mass is 10.0. The van der Waals surface area contributed by atoms with Crippen LogP contribution in [0.5, 0.6) is 0 Å². The van der Waals surface area contributed by atoms with Crippen LogP contribution in [-0.4, -0.2) is 11.1 Å². The van der Waals surface area contributed by atoms with Crippen molar-refractivity contribution in [1.29, 1.82) is 5.26 Å². The highest BCUT2D eigenvalue weighted by atomic mass is 35.5. The van der Waals surface area contributed by atoms with E-state index in [1.54, 1.807) is 24.3 Å². The zero-order chi connectivity index (χ0) is 11.3. The Hall–Kier alpha value is -1.53. The lowest BCUT2D eigenvalue weighted by Gasteiger charge is -2.09. The van der Waals surface area contributed by atoms with Gasteiger partial charge in [0.15, 0.2) is 0 Å². The molecule has 0 radical (unpaired) electrons. The van der Waals surface area contributed by atoms with Crippen LogP contribution in [0.15, 0.2) is 24.3 Å². The van der Waals surface area contributed by atoms with Gasteiger partial charge >= 0.3 is 5.97 Å². The predicted molar refractivity (Wildman–Crippen MR) is 56.6 cm³/mol. The minimum atomic E-state index is -0.880. The summed E-state index contributed by atoms with van der Waals surface area (Å²) in [5.41, 5.74) is 1.20. The molecule has 1 aromatic rings. The summed E-state index contributed by atoms with van der Waals surface area (Å²) in [5.74, 6) is -0.880. The first kappa shape index (κ1) is 11.5. The van der Waals surface area contributed by atoms with Crippen molar-refractivity contribution in [3.63, 3.8) is 0 Å². The number of nitrogens with zero attached hydrogens (tertiary/aromatic N) is 1. The summed E-state index contributed by atoms with van der Waals surface area (Å²) in [5, 5.41) is 16.9. The second kappa shape index (κ2) is 5.38. The maximum atomic E-state index is 10.4. The van der Waals surface area contributed by atoms with Crippen LogP contribution in [0.4, 0.5) is 0 Å². The number of benzene rings is 1. The highest BCUT2D eigenvalue weighted by Gasteiger charge is 2.13. The minimum Gasteiger partial charge on any atom is -0.481 e. The number of rotatable bonds is 4. The highest BCUT2D eigenvalue weighted by molar-refractivity contribution is 6.21. The first-order valence-electron chi connectivity index (χ1n) is 4.50. The van der Waals surface area contributed by atoms with Crippen LogP contribution in [0.2, 0.25) is 0 Å². The molecule has 1 N–H and O–H groups in total. The maximum Gasteiger partial charge on any atom is 0.303 e. The van der Waals surface area contributed by atoms with Gasteiger partial charge in [0.1, 0.15) is 0 Å². The van der Waals surface area contributed by atoms with Gasteiger partial charge in [0.25, 0.3) is 0 Å². The molecule has 0 saturated carbocycles. The van der Waals surface area contributed by atoms with Crippen molar-refractivity contribution in [2.75, 3.05) is 0 Å². The van der Waals surface area contributed by atoms with Crippen LogP contribution in [-0.2, 0) is 4.79 Å². The highest BCUT2D eigenvalue weighted by Crippen LogP contribution is 2.27. The molecule has 0 saturated heterocycles. The molecule has 0 aliphatic rings. The molecule has 0 bridgehead atoms. The first-order valence-corrected chi connectivity index (χ1v) is 4.93. The molecular formula is C11H10ClNO2. The number of alkyl halides is 1. The normalized spacial score (nSPS) is 11.7. The van der Waals surface area contributed by atoms with Gasteiger partial charge in [0, 0.05) is 6.42 Å². The summed E-state index contributed by atoms with van der Waals surface area (Å²) in [7, 11) is 0. The van der Waals surface area contributed by atoms with E-state index in [1.165, 1.54) is 0 Å². The molecular weight excluding hydrogens is 214 g/mol. The number of carboxylic acids is 1. The Morgan fingerprint density at radius 1 is 1.53 bits per heavy atom. The van der Waals surface area contributed by atoms with E-state index in [-0.39, 0.29) is 6.42 Å². The molecule has 1 unspecified atom stereocenters. The fraction of sp³-hybridized carbons (Fsp3) is 0.273. The molecule has 0 fully saturated rings. The van der Waals surface area contributed by atoms with Gasteiger partial charge in [-0.2, -0.15) is 5.26 Å². The third kappa shape index (κ3) is 3.26. The fourth-order valence-corrected chi connectivity index (χ4v) is 1.58. The maximum absolute atomic E-state index is 10.4. The molecule has 0 aliphatic carbocycles. The number of carboxylic acid groups (broad SMARTS) is 1. The molecule has 0 amide bonds. The number of halogens is 1. The SMILES string of the molecule is N#Cc1ccccc1C(Cl)CCC(=O)O. The van der Waals surface area contributed by atoms with Gasteiger partial charge < -0.3 is 5.11 Å². The lowest BCUT2D eigenvalue weighted by molar-refractivity contribution is -0.137. The van der Waals surface area contributed by atoms with Gasteiger partial charge in [-0.3, -0.25) is 4.79 Å². The molecule has 0 spiro atoms. The molecule has 1 atom stereocenters. The van der Waals surface area contributed by atoms with E-state index in [4.69, 9.17) is 22.0 Å². The predicted octanol–water partition coefficient (Wildman–Crippen LogP) is 2.70. The standard InChI is InChI=1S/C11H10ClNO2/c12-10(5-6-11(14)15)9-4-2-1-3-8(9)7-13/h1-4,10H,5-6H2,(H,14,15). The summed E-state index contributed by atoms with van der Waals surface area (Å²) < 4.78 is 0. The van der Waals surface area contributed by atoms with Crippen LogP contribution in [0, 0.1) is 11.3 Å². The average molecular weight is 224 g/mol. The Labute approximate surface area is 92.9 Å². The smallest absolute Gasteiger partial charge is 0.303 e. The van der Waals surface area contributed by atoms with Gasteiger partial charge in [-0.1, -0.05) is 18.2 Å². The zero-order valence-corrected chi connectivity index (χ0v) is 8.74. The summed E-state index contributed by atoms with van der Waals surface area (Å²) in [6, 6.07) is 8.99. The lowest BCUT2D eigenvalue weighted by Crippen LogP contribution is -2.00. The number of carbonyl (C=O) groups is 1. The van der Waals surface area contributed by atoms with E-state index >= 15 is 0 Å². The van der Waals surface area contributed by atoms with Crippen molar-refractivity contribution in [2.45, 2.75) is 18.2 Å². The minimum absolute atomic E-state index is 0.00787. The molecule has 78 valence electrons. The molecule has 0 aliphatic heterocycles. The first-order chi connectivity index (χ1) is 7.15. The van der Waals surface area contributed by atoms with Crippen LogP contribution in [0.1, 0.15) is 29.3 Å². The summed E-state index contributed by atoms with van der Waals surface area (Å²) in [6.45, 7) is 0. The largest absolute Gasteiger partial charge is 0.481 e. The van der Waals surface area contributed by atoms with E-state index < -0.39 is 11.3 Å². The Kier molecular flexibility index (Phi) is 4.14. The molecule has 0 heterocycles. The zero-order valence-electron chi connectivity index (χ0n) is 7.98. The Balaban J connectivity index is 2.77. The van der Waals surface area contributed by atoms with Gasteiger partial charge in [0.2, 0.25) is 0 Å². The van der Waals surface area contributed by atoms with Gasteiger partial charge in [-0.05, 0) is 18.1 Å².